The van der Waals surface area contributed by atoms with Crippen molar-refractivity contribution < 1.29 is 14.4 Å². The Balaban J connectivity index is 1.54. The lowest BCUT2D eigenvalue weighted by molar-refractivity contribution is -0.136. The molecular weight excluding hydrogens is 414 g/mol. The summed E-state index contributed by atoms with van der Waals surface area (Å²) in [5.74, 6) is -2.09. The molecule has 0 spiro atoms. The highest BCUT2D eigenvalue weighted by molar-refractivity contribution is 6.07. The van der Waals surface area contributed by atoms with Crippen LogP contribution in [0.25, 0.3) is 11.1 Å². The Morgan fingerprint density at radius 3 is 2.30 bits per heavy atom. The number of amides is 3. The molecule has 0 saturated heterocycles. The molecule has 4 rings (SSSR count). The largest absolute Gasteiger partial charge is 0.351 e. The molecule has 0 aromatic heterocycles. The molecule has 3 amide bonds. The van der Waals surface area contributed by atoms with Crippen molar-refractivity contribution in [3.05, 3.63) is 89.5 Å². The second-order valence-electron chi connectivity index (χ2n) is 8.31. The van der Waals surface area contributed by atoms with Gasteiger partial charge in [0.2, 0.25) is 11.8 Å². The van der Waals surface area contributed by atoms with Crippen LogP contribution in [0.15, 0.2) is 72.8 Å². The fourth-order valence-electron chi connectivity index (χ4n) is 4.10. The monoisotopic (exact) mass is 441 g/mol. The Labute approximate surface area is 193 Å². The first kappa shape index (κ1) is 22.3. The number of hydrogen-bond donors (Lipinski definition) is 2. The van der Waals surface area contributed by atoms with Crippen LogP contribution in [0.2, 0.25) is 0 Å². The standard InChI is InChI=1S/C27H27N3O3/c1-17-10-4-5-11-19(17)16-28-25(31)18(2)26(32)29-24-22-14-7-6-12-20(22)21-13-8-9-15-23(21)30(3)27(24)33/h4-15,18,24H,16H2,1-3H3,(H,28,31)(H,29,32). The Bertz CT molecular complexity index is 1220. The lowest BCUT2D eigenvalue weighted by Gasteiger charge is -2.24. The van der Waals surface area contributed by atoms with Crippen molar-refractivity contribution in [3.63, 3.8) is 0 Å². The van der Waals surface area contributed by atoms with Gasteiger partial charge in [-0.3, -0.25) is 14.4 Å². The maximum Gasteiger partial charge on any atom is 0.253 e. The first-order valence-electron chi connectivity index (χ1n) is 11.0. The smallest absolute Gasteiger partial charge is 0.253 e. The minimum Gasteiger partial charge on any atom is -0.351 e. The van der Waals surface area contributed by atoms with E-state index < -0.39 is 17.9 Å². The highest BCUT2D eigenvalue weighted by atomic mass is 16.2. The normalized spacial score (nSPS) is 15.7. The molecule has 1 aliphatic rings. The fraction of sp³-hybridized carbons (Fsp3) is 0.222. The summed E-state index contributed by atoms with van der Waals surface area (Å²) in [6.07, 6.45) is 0. The summed E-state index contributed by atoms with van der Waals surface area (Å²) >= 11 is 0. The molecule has 6 heteroatoms. The van der Waals surface area contributed by atoms with Crippen LogP contribution >= 0.6 is 0 Å². The molecular formula is C27H27N3O3. The summed E-state index contributed by atoms with van der Waals surface area (Å²) in [5, 5.41) is 5.66. The first-order chi connectivity index (χ1) is 15.9. The van der Waals surface area contributed by atoms with Gasteiger partial charge in [-0.15, -0.1) is 0 Å². The third kappa shape index (κ3) is 4.37. The average Bonchev–Trinajstić information content (AvgIpc) is 2.92. The average molecular weight is 442 g/mol. The lowest BCUT2D eigenvalue weighted by Crippen LogP contribution is -2.45. The van der Waals surface area contributed by atoms with E-state index in [0.29, 0.717) is 12.1 Å². The minimum absolute atomic E-state index is 0.256. The van der Waals surface area contributed by atoms with Gasteiger partial charge in [0.25, 0.3) is 5.91 Å². The molecule has 1 aliphatic heterocycles. The molecule has 2 N–H and O–H groups in total. The van der Waals surface area contributed by atoms with Crippen LogP contribution in [-0.2, 0) is 20.9 Å². The highest BCUT2D eigenvalue weighted by Crippen LogP contribution is 2.39. The topological polar surface area (TPSA) is 78.5 Å². The van der Waals surface area contributed by atoms with Crippen molar-refractivity contribution >= 4 is 23.4 Å². The van der Waals surface area contributed by atoms with E-state index in [9.17, 15) is 14.4 Å². The molecule has 33 heavy (non-hydrogen) atoms. The molecule has 0 bridgehead atoms. The summed E-state index contributed by atoms with van der Waals surface area (Å²) in [4.78, 5) is 40.6. The van der Waals surface area contributed by atoms with E-state index in [1.165, 1.54) is 0 Å². The quantitative estimate of drug-likeness (QED) is 0.592. The second kappa shape index (κ2) is 9.28. The van der Waals surface area contributed by atoms with Crippen molar-refractivity contribution in [3.8, 4) is 11.1 Å². The van der Waals surface area contributed by atoms with Gasteiger partial charge in [-0.05, 0) is 42.2 Å². The van der Waals surface area contributed by atoms with Crippen LogP contribution in [0.1, 0.15) is 29.7 Å². The Hall–Kier alpha value is -3.93. The predicted octanol–water partition coefficient (Wildman–Crippen LogP) is 3.75. The van der Waals surface area contributed by atoms with Crippen LogP contribution < -0.4 is 15.5 Å². The van der Waals surface area contributed by atoms with Crippen LogP contribution in [-0.4, -0.2) is 24.8 Å². The number of hydrogen-bond acceptors (Lipinski definition) is 3. The van der Waals surface area contributed by atoms with Gasteiger partial charge >= 0.3 is 0 Å². The molecule has 6 nitrogen and oxygen atoms in total. The number of nitrogens with zero attached hydrogens (tertiary/aromatic N) is 1. The van der Waals surface area contributed by atoms with Crippen LogP contribution in [0.4, 0.5) is 5.69 Å². The van der Waals surface area contributed by atoms with Crippen molar-refractivity contribution in [2.24, 2.45) is 5.92 Å². The van der Waals surface area contributed by atoms with Gasteiger partial charge in [0.15, 0.2) is 0 Å². The maximum atomic E-state index is 13.4. The van der Waals surface area contributed by atoms with Gasteiger partial charge in [-0.25, -0.2) is 0 Å². The number of para-hydroxylation sites is 1. The molecule has 168 valence electrons. The van der Waals surface area contributed by atoms with E-state index in [1.807, 2.05) is 79.7 Å². The minimum atomic E-state index is -0.954. The molecule has 3 aromatic carbocycles. The number of carbonyl (C=O) groups is 3. The summed E-state index contributed by atoms with van der Waals surface area (Å²) in [6.45, 7) is 3.86. The SMILES string of the molecule is Cc1ccccc1CNC(=O)C(C)C(=O)NC1C(=O)N(C)c2ccccc2-c2ccccc21. The zero-order valence-electron chi connectivity index (χ0n) is 19.0. The van der Waals surface area contributed by atoms with Gasteiger partial charge in [0.05, 0.1) is 5.69 Å². The Morgan fingerprint density at radius 2 is 1.55 bits per heavy atom. The molecule has 2 atom stereocenters. The predicted molar refractivity (Wildman–Crippen MR) is 128 cm³/mol. The number of carbonyl (C=O) groups excluding carboxylic acids is 3. The number of aryl methyl sites for hydroxylation is 1. The van der Waals surface area contributed by atoms with Gasteiger partial charge in [0.1, 0.15) is 12.0 Å². The number of fused-ring (bicyclic) bond motifs is 3. The van der Waals surface area contributed by atoms with Gasteiger partial charge in [0, 0.05) is 19.2 Å². The molecule has 0 aliphatic carbocycles. The summed E-state index contributed by atoms with van der Waals surface area (Å²) < 4.78 is 0. The Morgan fingerprint density at radius 1 is 0.909 bits per heavy atom. The molecule has 1 heterocycles. The molecule has 0 fully saturated rings. The number of likely N-dealkylation sites (N-methyl/N-ethyl adjacent to an activating group) is 1. The van der Waals surface area contributed by atoms with Crippen molar-refractivity contribution in [1.29, 1.82) is 0 Å². The van der Waals surface area contributed by atoms with Crippen LogP contribution in [0.3, 0.4) is 0 Å². The first-order valence-corrected chi connectivity index (χ1v) is 11.0. The summed E-state index contributed by atoms with van der Waals surface area (Å²) in [6, 6.07) is 22.1. The van der Waals surface area contributed by atoms with E-state index in [1.54, 1.807) is 18.9 Å². The fourth-order valence-corrected chi connectivity index (χ4v) is 4.10. The van der Waals surface area contributed by atoms with E-state index in [0.717, 1.165) is 27.9 Å². The van der Waals surface area contributed by atoms with Crippen molar-refractivity contribution in [1.82, 2.24) is 10.6 Å². The highest BCUT2D eigenvalue weighted by Gasteiger charge is 2.34. The van der Waals surface area contributed by atoms with E-state index in [-0.39, 0.29) is 11.8 Å². The molecule has 0 radical (unpaired) electrons. The zero-order chi connectivity index (χ0) is 23.5. The number of rotatable bonds is 5. The maximum absolute atomic E-state index is 13.4. The molecule has 2 unspecified atom stereocenters. The van der Waals surface area contributed by atoms with E-state index in [2.05, 4.69) is 10.6 Å². The van der Waals surface area contributed by atoms with Gasteiger partial charge in [-0.1, -0.05) is 66.7 Å². The number of nitrogens with one attached hydrogen (secondary N) is 2. The number of anilines is 1. The third-order valence-corrected chi connectivity index (χ3v) is 6.19. The van der Waals surface area contributed by atoms with Gasteiger partial charge < -0.3 is 15.5 Å². The molecule has 3 aromatic rings. The van der Waals surface area contributed by atoms with Gasteiger partial charge in [-0.2, -0.15) is 0 Å². The lowest BCUT2D eigenvalue weighted by atomic mass is 9.95. The Kier molecular flexibility index (Phi) is 6.27. The number of benzene rings is 3. The zero-order valence-corrected chi connectivity index (χ0v) is 19.0. The second-order valence-corrected chi connectivity index (χ2v) is 8.31. The van der Waals surface area contributed by atoms with E-state index >= 15 is 0 Å². The van der Waals surface area contributed by atoms with E-state index in [4.69, 9.17) is 0 Å². The summed E-state index contributed by atoms with van der Waals surface area (Å²) in [7, 11) is 1.70. The van der Waals surface area contributed by atoms with Crippen LogP contribution in [0, 0.1) is 12.8 Å². The van der Waals surface area contributed by atoms with Crippen molar-refractivity contribution in [2.75, 3.05) is 11.9 Å². The van der Waals surface area contributed by atoms with Crippen LogP contribution in [0.5, 0.6) is 0 Å². The molecule has 0 saturated carbocycles. The summed E-state index contributed by atoms with van der Waals surface area (Å²) in [5.41, 5.74) is 5.34. The third-order valence-electron chi connectivity index (χ3n) is 6.19. The van der Waals surface area contributed by atoms with Crippen molar-refractivity contribution in [2.45, 2.75) is 26.4 Å².